The highest BCUT2D eigenvalue weighted by Crippen LogP contribution is 2.63. The Kier molecular flexibility index (Phi) is 3.25. The van der Waals surface area contributed by atoms with Crippen LogP contribution in [0.15, 0.2) is 11.6 Å². The molecule has 0 aromatic carbocycles. The van der Waals surface area contributed by atoms with Crippen LogP contribution in [0.2, 0.25) is 0 Å². The molecular formula is C19H30O. The molecule has 1 nitrogen and oxygen atoms in total. The van der Waals surface area contributed by atoms with Gasteiger partial charge in [-0.05, 0) is 93.8 Å². The third-order valence-electron chi connectivity index (χ3n) is 7.62. The summed E-state index contributed by atoms with van der Waals surface area (Å²) in [6.45, 7) is 2.08. The van der Waals surface area contributed by atoms with Crippen molar-refractivity contribution >= 4 is 0 Å². The minimum absolute atomic E-state index is 0.0840. The molecule has 0 aromatic rings. The van der Waals surface area contributed by atoms with Gasteiger partial charge in [0, 0.05) is 0 Å². The quantitative estimate of drug-likeness (QED) is 0.687. The standard InChI is InChI=1S/C19H30O/c1-13(20)19-11-4-7-18(19)17-9-8-14-5-2-3-6-15(14)16(17)10-12-19/h5,13,15-18,20H,2-4,6-12H2,1H3/t13?,15-,16+,17+,18-,19-/m0/s1. The van der Waals surface area contributed by atoms with Crippen molar-refractivity contribution in [1.29, 1.82) is 0 Å². The number of allylic oxidation sites excluding steroid dienone is 2. The van der Waals surface area contributed by atoms with Crippen molar-refractivity contribution in [1.82, 2.24) is 0 Å². The lowest BCUT2D eigenvalue weighted by Gasteiger charge is -2.54. The molecule has 20 heavy (non-hydrogen) atoms. The van der Waals surface area contributed by atoms with Crippen LogP contribution >= 0.6 is 0 Å². The SMILES string of the molecule is CC(O)[C@@]12CCC[C@H]1[C@@H]1CCC3=CCCC[C@@H]3[C@H]1CC2. The molecule has 0 heterocycles. The van der Waals surface area contributed by atoms with E-state index in [4.69, 9.17) is 0 Å². The first-order chi connectivity index (χ1) is 9.72. The fourth-order valence-corrected chi connectivity index (χ4v) is 6.74. The van der Waals surface area contributed by atoms with Gasteiger partial charge in [-0.25, -0.2) is 0 Å². The maximum Gasteiger partial charge on any atom is 0.0571 e. The minimum Gasteiger partial charge on any atom is -0.393 e. The van der Waals surface area contributed by atoms with Crippen molar-refractivity contribution in [3.8, 4) is 0 Å². The first kappa shape index (κ1) is 13.4. The number of aliphatic hydroxyl groups is 1. The molecular weight excluding hydrogens is 244 g/mol. The topological polar surface area (TPSA) is 20.2 Å². The molecule has 6 atom stereocenters. The van der Waals surface area contributed by atoms with Crippen LogP contribution in [-0.4, -0.2) is 11.2 Å². The lowest BCUT2D eigenvalue weighted by atomic mass is 9.51. The van der Waals surface area contributed by atoms with Gasteiger partial charge in [0.2, 0.25) is 0 Å². The van der Waals surface area contributed by atoms with Gasteiger partial charge in [0.25, 0.3) is 0 Å². The highest BCUT2D eigenvalue weighted by molar-refractivity contribution is 5.18. The predicted molar refractivity (Wildman–Crippen MR) is 82.3 cm³/mol. The molecule has 0 radical (unpaired) electrons. The van der Waals surface area contributed by atoms with Gasteiger partial charge in [0.05, 0.1) is 6.10 Å². The number of hydrogen-bond donors (Lipinski definition) is 1. The first-order valence-electron chi connectivity index (χ1n) is 9.09. The Morgan fingerprint density at radius 2 is 2.00 bits per heavy atom. The number of aliphatic hydroxyl groups excluding tert-OH is 1. The van der Waals surface area contributed by atoms with Gasteiger partial charge < -0.3 is 5.11 Å². The Morgan fingerprint density at radius 3 is 2.85 bits per heavy atom. The molecule has 112 valence electrons. The summed E-state index contributed by atoms with van der Waals surface area (Å²) >= 11 is 0. The predicted octanol–water partition coefficient (Wildman–Crippen LogP) is 4.70. The Balaban J connectivity index is 1.63. The van der Waals surface area contributed by atoms with Crippen molar-refractivity contribution in [2.45, 2.75) is 77.2 Å². The lowest BCUT2D eigenvalue weighted by molar-refractivity contribution is -0.0793. The van der Waals surface area contributed by atoms with E-state index in [9.17, 15) is 5.11 Å². The largest absolute Gasteiger partial charge is 0.393 e. The average Bonchev–Trinajstić information content (AvgIpc) is 2.92. The van der Waals surface area contributed by atoms with Crippen molar-refractivity contribution < 1.29 is 5.11 Å². The summed E-state index contributed by atoms with van der Waals surface area (Å²) in [5.74, 6) is 3.66. The normalized spacial score (nSPS) is 48.8. The lowest BCUT2D eigenvalue weighted by Crippen LogP contribution is -2.49. The fraction of sp³-hybridized carbons (Fsp3) is 0.895. The third kappa shape index (κ3) is 1.78. The molecule has 4 aliphatic rings. The minimum atomic E-state index is -0.0840. The van der Waals surface area contributed by atoms with Crippen LogP contribution < -0.4 is 0 Å². The van der Waals surface area contributed by atoms with Crippen LogP contribution in [0.25, 0.3) is 0 Å². The van der Waals surface area contributed by atoms with Crippen molar-refractivity contribution in [3.05, 3.63) is 11.6 Å². The maximum absolute atomic E-state index is 10.4. The molecule has 0 bridgehead atoms. The van der Waals surface area contributed by atoms with Crippen molar-refractivity contribution in [3.63, 3.8) is 0 Å². The van der Waals surface area contributed by atoms with Gasteiger partial charge in [0.1, 0.15) is 0 Å². The number of hydrogen-bond acceptors (Lipinski definition) is 1. The number of fused-ring (bicyclic) bond motifs is 5. The van der Waals surface area contributed by atoms with Gasteiger partial charge in [-0.3, -0.25) is 0 Å². The van der Waals surface area contributed by atoms with Gasteiger partial charge in [-0.15, -0.1) is 0 Å². The van der Waals surface area contributed by atoms with Gasteiger partial charge in [0.15, 0.2) is 0 Å². The van der Waals surface area contributed by atoms with Crippen LogP contribution in [0.1, 0.15) is 71.1 Å². The highest BCUT2D eigenvalue weighted by atomic mass is 16.3. The second-order valence-electron chi connectivity index (χ2n) is 8.13. The maximum atomic E-state index is 10.4. The number of rotatable bonds is 1. The Labute approximate surface area is 123 Å². The van der Waals surface area contributed by atoms with E-state index in [0.29, 0.717) is 5.41 Å². The fourth-order valence-electron chi connectivity index (χ4n) is 6.74. The van der Waals surface area contributed by atoms with E-state index in [1.54, 1.807) is 0 Å². The Hall–Kier alpha value is -0.300. The average molecular weight is 274 g/mol. The van der Waals surface area contributed by atoms with E-state index >= 15 is 0 Å². The Bertz CT molecular complexity index is 410. The summed E-state index contributed by atoms with van der Waals surface area (Å²) in [7, 11) is 0. The van der Waals surface area contributed by atoms with Crippen LogP contribution in [0, 0.1) is 29.1 Å². The summed E-state index contributed by atoms with van der Waals surface area (Å²) < 4.78 is 0. The third-order valence-corrected chi connectivity index (χ3v) is 7.62. The molecule has 0 amide bonds. The van der Waals surface area contributed by atoms with Crippen LogP contribution in [0.3, 0.4) is 0 Å². The van der Waals surface area contributed by atoms with E-state index in [2.05, 4.69) is 13.0 Å². The van der Waals surface area contributed by atoms with E-state index in [1.165, 1.54) is 64.2 Å². The van der Waals surface area contributed by atoms with Gasteiger partial charge in [-0.2, -0.15) is 0 Å². The zero-order valence-electron chi connectivity index (χ0n) is 13.0. The molecule has 1 unspecified atom stereocenters. The summed E-state index contributed by atoms with van der Waals surface area (Å²) in [4.78, 5) is 0. The van der Waals surface area contributed by atoms with E-state index in [-0.39, 0.29) is 6.10 Å². The molecule has 1 N–H and O–H groups in total. The molecule has 4 aliphatic carbocycles. The molecule has 0 aliphatic heterocycles. The first-order valence-corrected chi connectivity index (χ1v) is 9.09. The zero-order chi connectivity index (χ0) is 13.7. The Morgan fingerprint density at radius 1 is 1.10 bits per heavy atom. The van der Waals surface area contributed by atoms with Gasteiger partial charge in [-0.1, -0.05) is 18.1 Å². The smallest absolute Gasteiger partial charge is 0.0571 e. The molecule has 3 fully saturated rings. The van der Waals surface area contributed by atoms with Crippen LogP contribution in [0.4, 0.5) is 0 Å². The molecule has 0 spiro atoms. The van der Waals surface area contributed by atoms with Crippen LogP contribution in [0.5, 0.6) is 0 Å². The van der Waals surface area contributed by atoms with E-state index in [0.717, 1.165) is 23.7 Å². The zero-order valence-corrected chi connectivity index (χ0v) is 13.0. The summed E-state index contributed by atoms with van der Waals surface area (Å²) in [6, 6.07) is 0. The molecule has 0 aromatic heterocycles. The van der Waals surface area contributed by atoms with Crippen molar-refractivity contribution in [2.75, 3.05) is 0 Å². The second-order valence-corrected chi connectivity index (χ2v) is 8.13. The highest BCUT2D eigenvalue weighted by Gasteiger charge is 2.55. The molecule has 3 saturated carbocycles. The molecule has 1 heteroatoms. The van der Waals surface area contributed by atoms with E-state index < -0.39 is 0 Å². The van der Waals surface area contributed by atoms with Crippen LogP contribution in [-0.2, 0) is 0 Å². The van der Waals surface area contributed by atoms with Crippen molar-refractivity contribution in [2.24, 2.45) is 29.1 Å². The monoisotopic (exact) mass is 274 g/mol. The van der Waals surface area contributed by atoms with Gasteiger partial charge >= 0.3 is 0 Å². The second kappa shape index (κ2) is 4.87. The summed E-state index contributed by atoms with van der Waals surface area (Å²) in [5.41, 5.74) is 2.12. The summed E-state index contributed by atoms with van der Waals surface area (Å²) in [5, 5.41) is 10.4. The van der Waals surface area contributed by atoms with E-state index in [1.807, 2.05) is 5.57 Å². The molecule has 4 rings (SSSR count). The molecule has 0 saturated heterocycles. The summed E-state index contributed by atoms with van der Waals surface area (Å²) in [6.07, 6.45) is 16.3.